The second-order valence-corrected chi connectivity index (χ2v) is 4.62. The van der Waals surface area contributed by atoms with Crippen LogP contribution >= 0.6 is 0 Å². The molecule has 106 valence electrons. The summed E-state index contributed by atoms with van der Waals surface area (Å²) in [4.78, 5) is 15.2. The minimum atomic E-state index is -0.667. The standard InChI is InChI=1S/C16H13FN2O2/c17-15-10-12(5-7-18-15)16(20)19-8-6-13-9-11-3-1-2-4-14(11)21-13/h1-5,7,9-10H,6,8H2,(H,19,20). The smallest absolute Gasteiger partial charge is 0.251 e. The summed E-state index contributed by atoms with van der Waals surface area (Å²) in [5.74, 6) is -0.190. The van der Waals surface area contributed by atoms with Crippen LogP contribution < -0.4 is 5.32 Å². The fraction of sp³-hybridized carbons (Fsp3) is 0.125. The lowest BCUT2D eigenvalue weighted by Crippen LogP contribution is -2.25. The maximum Gasteiger partial charge on any atom is 0.251 e. The molecule has 0 unspecified atom stereocenters. The lowest BCUT2D eigenvalue weighted by atomic mass is 10.2. The van der Waals surface area contributed by atoms with Crippen LogP contribution in [0.1, 0.15) is 16.1 Å². The van der Waals surface area contributed by atoms with Gasteiger partial charge in [-0.25, -0.2) is 4.98 Å². The summed E-state index contributed by atoms with van der Waals surface area (Å²) in [6, 6.07) is 12.3. The van der Waals surface area contributed by atoms with E-state index in [9.17, 15) is 9.18 Å². The fourth-order valence-corrected chi connectivity index (χ4v) is 2.11. The van der Waals surface area contributed by atoms with E-state index in [-0.39, 0.29) is 11.5 Å². The quantitative estimate of drug-likeness (QED) is 0.749. The van der Waals surface area contributed by atoms with Crippen molar-refractivity contribution in [1.29, 1.82) is 0 Å². The van der Waals surface area contributed by atoms with E-state index in [2.05, 4.69) is 10.3 Å². The van der Waals surface area contributed by atoms with Gasteiger partial charge in [-0.1, -0.05) is 18.2 Å². The van der Waals surface area contributed by atoms with Crippen LogP contribution in [-0.4, -0.2) is 17.4 Å². The number of hydrogen-bond donors (Lipinski definition) is 1. The van der Waals surface area contributed by atoms with Gasteiger partial charge in [0.2, 0.25) is 5.95 Å². The van der Waals surface area contributed by atoms with Gasteiger partial charge >= 0.3 is 0 Å². The molecule has 3 aromatic rings. The topological polar surface area (TPSA) is 55.1 Å². The van der Waals surface area contributed by atoms with Crippen LogP contribution in [0.4, 0.5) is 4.39 Å². The fourth-order valence-electron chi connectivity index (χ4n) is 2.11. The van der Waals surface area contributed by atoms with Crippen molar-refractivity contribution in [3.8, 4) is 0 Å². The monoisotopic (exact) mass is 284 g/mol. The van der Waals surface area contributed by atoms with E-state index in [1.807, 2.05) is 30.3 Å². The lowest BCUT2D eigenvalue weighted by Gasteiger charge is -2.03. The van der Waals surface area contributed by atoms with E-state index in [4.69, 9.17) is 4.42 Å². The highest BCUT2D eigenvalue weighted by atomic mass is 19.1. The van der Waals surface area contributed by atoms with Crippen LogP contribution in [0.2, 0.25) is 0 Å². The van der Waals surface area contributed by atoms with Gasteiger partial charge in [0.15, 0.2) is 0 Å². The highest BCUT2D eigenvalue weighted by molar-refractivity contribution is 5.94. The third-order valence-electron chi connectivity index (χ3n) is 3.12. The molecule has 0 atom stereocenters. The zero-order valence-electron chi connectivity index (χ0n) is 11.2. The van der Waals surface area contributed by atoms with Gasteiger partial charge in [0, 0.05) is 36.2 Å². The van der Waals surface area contributed by atoms with Crippen molar-refractivity contribution in [2.45, 2.75) is 6.42 Å². The Morgan fingerprint density at radius 3 is 2.90 bits per heavy atom. The van der Waals surface area contributed by atoms with Gasteiger partial charge in [-0.2, -0.15) is 4.39 Å². The number of aromatic nitrogens is 1. The van der Waals surface area contributed by atoms with E-state index in [1.54, 1.807) is 0 Å². The Bertz CT molecular complexity index is 750. The molecule has 0 saturated carbocycles. The summed E-state index contributed by atoms with van der Waals surface area (Å²) in [5, 5.41) is 3.76. The maximum atomic E-state index is 12.9. The molecule has 0 radical (unpaired) electrons. The van der Waals surface area contributed by atoms with Crippen molar-refractivity contribution in [3.05, 3.63) is 65.9 Å². The molecule has 0 bridgehead atoms. The van der Waals surface area contributed by atoms with Gasteiger partial charge in [-0.15, -0.1) is 0 Å². The summed E-state index contributed by atoms with van der Waals surface area (Å²) < 4.78 is 18.6. The largest absolute Gasteiger partial charge is 0.461 e. The Labute approximate surface area is 120 Å². The van der Waals surface area contributed by atoms with Gasteiger partial charge in [0.1, 0.15) is 11.3 Å². The second-order valence-electron chi connectivity index (χ2n) is 4.62. The molecular formula is C16H13FN2O2. The van der Waals surface area contributed by atoms with Crippen LogP contribution in [-0.2, 0) is 6.42 Å². The summed E-state index contributed by atoms with van der Waals surface area (Å²) >= 11 is 0. The number of halogens is 1. The molecule has 1 aromatic carbocycles. The number of furan rings is 1. The lowest BCUT2D eigenvalue weighted by molar-refractivity contribution is 0.0953. The first-order valence-electron chi connectivity index (χ1n) is 6.59. The van der Waals surface area contributed by atoms with Crippen LogP contribution in [0.25, 0.3) is 11.0 Å². The maximum absolute atomic E-state index is 12.9. The first-order valence-corrected chi connectivity index (χ1v) is 6.59. The van der Waals surface area contributed by atoms with Crippen molar-refractivity contribution in [2.75, 3.05) is 6.54 Å². The first-order chi connectivity index (χ1) is 10.2. The van der Waals surface area contributed by atoms with E-state index in [0.29, 0.717) is 13.0 Å². The van der Waals surface area contributed by atoms with Gasteiger partial charge in [-0.05, 0) is 18.2 Å². The third-order valence-corrected chi connectivity index (χ3v) is 3.12. The van der Waals surface area contributed by atoms with Gasteiger partial charge in [0.25, 0.3) is 5.91 Å². The van der Waals surface area contributed by atoms with Crippen LogP contribution in [0.5, 0.6) is 0 Å². The summed E-state index contributed by atoms with van der Waals surface area (Å²) in [5.41, 5.74) is 1.09. The zero-order valence-corrected chi connectivity index (χ0v) is 11.2. The number of nitrogens with zero attached hydrogens (tertiary/aromatic N) is 1. The number of nitrogens with one attached hydrogen (secondary N) is 1. The number of para-hydroxylation sites is 1. The van der Waals surface area contributed by atoms with Crippen molar-refractivity contribution in [2.24, 2.45) is 0 Å². The molecule has 0 aliphatic rings. The normalized spacial score (nSPS) is 10.7. The molecule has 2 heterocycles. The summed E-state index contributed by atoms with van der Waals surface area (Å²) in [7, 11) is 0. The van der Waals surface area contributed by atoms with Crippen LogP contribution in [0, 0.1) is 5.95 Å². The number of carbonyl (C=O) groups excluding carboxylic acids is 1. The number of benzene rings is 1. The number of pyridine rings is 1. The van der Waals surface area contributed by atoms with Crippen molar-refractivity contribution in [3.63, 3.8) is 0 Å². The van der Waals surface area contributed by atoms with Crippen LogP contribution in [0.3, 0.4) is 0 Å². The average Bonchev–Trinajstić information content (AvgIpc) is 2.89. The Balaban J connectivity index is 1.59. The number of carbonyl (C=O) groups is 1. The van der Waals surface area contributed by atoms with Crippen molar-refractivity contribution in [1.82, 2.24) is 10.3 Å². The highest BCUT2D eigenvalue weighted by Crippen LogP contribution is 2.18. The number of amides is 1. The minimum Gasteiger partial charge on any atom is -0.461 e. The molecule has 1 amide bonds. The Hall–Kier alpha value is -2.69. The third kappa shape index (κ3) is 3.08. The molecule has 1 N–H and O–H groups in total. The number of rotatable bonds is 4. The Morgan fingerprint density at radius 1 is 1.24 bits per heavy atom. The van der Waals surface area contributed by atoms with E-state index in [1.165, 1.54) is 12.3 Å². The molecule has 4 nitrogen and oxygen atoms in total. The van der Waals surface area contributed by atoms with Gasteiger partial charge in [-0.3, -0.25) is 4.79 Å². The van der Waals surface area contributed by atoms with Gasteiger partial charge < -0.3 is 9.73 Å². The first kappa shape index (κ1) is 13.3. The predicted octanol–water partition coefficient (Wildman–Crippen LogP) is 2.94. The molecular weight excluding hydrogens is 271 g/mol. The molecule has 21 heavy (non-hydrogen) atoms. The van der Waals surface area contributed by atoms with Crippen molar-refractivity contribution >= 4 is 16.9 Å². The molecule has 0 spiro atoms. The molecule has 0 aliphatic carbocycles. The Kier molecular flexibility index (Phi) is 3.64. The highest BCUT2D eigenvalue weighted by Gasteiger charge is 2.07. The second kappa shape index (κ2) is 5.75. The summed E-state index contributed by atoms with van der Waals surface area (Å²) in [6.45, 7) is 0.419. The molecule has 0 saturated heterocycles. The number of hydrogen-bond acceptors (Lipinski definition) is 3. The van der Waals surface area contributed by atoms with E-state index in [0.717, 1.165) is 22.8 Å². The Morgan fingerprint density at radius 2 is 2.10 bits per heavy atom. The molecule has 5 heteroatoms. The molecule has 0 fully saturated rings. The van der Waals surface area contributed by atoms with E-state index < -0.39 is 5.95 Å². The molecule has 0 aliphatic heterocycles. The molecule has 2 aromatic heterocycles. The number of fused-ring (bicyclic) bond motifs is 1. The minimum absolute atomic E-state index is 0.257. The summed E-state index contributed by atoms with van der Waals surface area (Å²) in [6.07, 6.45) is 1.84. The SMILES string of the molecule is O=C(NCCc1cc2ccccc2o1)c1ccnc(F)c1. The van der Waals surface area contributed by atoms with Crippen molar-refractivity contribution < 1.29 is 13.6 Å². The predicted molar refractivity (Wildman–Crippen MR) is 76.4 cm³/mol. The molecule has 3 rings (SSSR count). The average molecular weight is 284 g/mol. The van der Waals surface area contributed by atoms with E-state index >= 15 is 0 Å². The zero-order chi connectivity index (χ0) is 14.7. The van der Waals surface area contributed by atoms with Crippen LogP contribution in [0.15, 0.2) is 53.1 Å². The van der Waals surface area contributed by atoms with Gasteiger partial charge in [0.05, 0.1) is 0 Å².